The molecule has 0 aromatic heterocycles. The Morgan fingerprint density at radius 1 is 1.18 bits per heavy atom. The lowest BCUT2D eigenvalue weighted by Crippen LogP contribution is -2.43. The maximum absolute atomic E-state index is 12.2. The average molecular weight is 237 g/mol. The first-order valence-electron chi connectivity index (χ1n) is 6.88. The predicted octanol–water partition coefficient (Wildman–Crippen LogP) is 3.04. The fourth-order valence-corrected chi connectivity index (χ4v) is 3.56. The van der Waals surface area contributed by atoms with E-state index in [-0.39, 0.29) is 11.7 Å². The molecule has 2 saturated carbocycles. The highest BCUT2D eigenvalue weighted by Gasteiger charge is 2.60. The second-order valence-electron chi connectivity index (χ2n) is 7.10. The molecule has 3 heteroatoms. The van der Waals surface area contributed by atoms with Gasteiger partial charge in [-0.25, -0.2) is 4.79 Å². The molecule has 0 spiro atoms. The van der Waals surface area contributed by atoms with E-state index in [2.05, 4.69) is 6.92 Å². The summed E-state index contributed by atoms with van der Waals surface area (Å²) in [5, 5.41) is 0. The van der Waals surface area contributed by atoms with Gasteiger partial charge in [-0.1, -0.05) is 0 Å². The second-order valence-corrected chi connectivity index (χ2v) is 7.10. The number of carbonyl (C=O) groups excluding carboxylic acids is 1. The van der Waals surface area contributed by atoms with Crippen molar-refractivity contribution in [3.63, 3.8) is 0 Å². The molecule has 3 aliphatic rings. The number of fused-ring (bicyclic) bond motifs is 3. The van der Waals surface area contributed by atoms with Crippen molar-refractivity contribution in [2.75, 3.05) is 0 Å². The van der Waals surface area contributed by atoms with Crippen molar-refractivity contribution in [2.45, 2.75) is 64.6 Å². The predicted molar refractivity (Wildman–Crippen MR) is 65.6 cm³/mol. The fourth-order valence-electron chi connectivity index (χ4n) is 3.56. The largest absolute Gasteiger partial charge is 0.444 e. The van der Waals surface area contributed by atoms with Crippen molar-refractivity contribution in [1.29, 1.82) is 0 Å². The van der Waals surface area contributed by atoms with Crippen LogP contribution in [0.2, 0.25) is 0 Å². The molecule has 96 valence electrons. The van der Waals surface area contributed by atoms with Gasteiger partial charge >= 0.3 is 6.09 Å². The Kier molecular flexibility index (Phi) is 2.27. The van der Waals surface area contributed by atoms with Crippen LogP contribution in [0.5, 0.6) is 0 Å². The highest BCUT2D eigenvalue weighted by Crippen LogP contribution is 2.60. The van der Waals surface area contributed by atoms with Gasteiger partial charge in [-0.3, -0.25) is 0 Å². The van der Waals surface area contributed by atoms with Gasteiger partial charge in [0.1, 0.15) is 5.60 Å². The lowest BCUT2D eigenvalue weighted by atomic mass is 10.1. The van der Waals surface area contributed by atoms with E-state index in [0.29, 0.717) is 12.1 Å². The number of rotatable bonds is 0. The summed E-state index contributed by atoms with van der Waals surface area (Å²) in [5.74, 6) is 2.61. The van der Waals surface area contributed by atoms with Crippen LogP contribution in [0.1, 0.15) is 47.0 Å². The minimum absolute atomic E-state index is 0.0983. The molecule has 5 atom stereocenters. The summed E-state index contributed by atoms with van der Waals surface area (Å²) in [6.07, 6.45) is 3.70. The summed E-state index contributed by atoms with van der Waals surface area (Å²) in [4.78, 5) is 14.3. The zero-order valence-corrected chi connectivity index (χ0v) is 11.3. The van der Waals surface area contributed by atoms with Crippen LogP contribution in [-0.2, 0) is 4.74 Å². The van der Waals surface area contributed by atoms with Gasteiger partial charge in [0, 0.05) is 12.1 Å². The minimum atomic E-state index is -0.379. The van der Waals surface area contributed by atoms with Gasteiger partial charge in [0.05, 0.1) is 0 Å². The van der Waals surface area contributed by atoms with Gasteiger partial charge in [0.15, 0.2) is 0 Å². The second kappa shape index (κ2) is 3.39. The number of ether oxygens (including phenoxy) is 1. The van der Waals surface area contributed by atoms with Gasteiger partial charge < -0.3 is 9.64 Å². The lowest BCUT2D eigenvalue weighted by Gasteiger charge is -2.31. The highest BCUT2D eigenvalue weighted by molar-refractivity contribution is 5.69. The lowest BCUT2D eigenvalue weighted by molar-refractivity contribution is 0.0143. The highest BCUT2D eigenvalue weighted by atomic mass is 16.6. The van der Waals surface area contributed by atoms with E-state index in [9.17, 15) is 4.79 Å². The zero-order chi connectivity index (χ0) is 12.4. The molecule has 17 heavy (non-hydrogen) atoms. The minimum Gasteiger partial charge on any atom is -0.444 e. The summed E-state index contributed by atoms with van der Waals surface area (Å²) in [7, 11) is 0. The molecule has 0 N–H and O–H groups in total. The number of amides is 1. The molecule has 3 fully saturated rings. The normalized spacial score (nSPS) is 43.3. The molecule has 5 unspecified atom stereocenters. The Morgan fingerprint density at radius 3 is 2.53 bits per heavy atom. The first kappa shape index (κ1) is 11.4. The van der Waals surface area contributed by atoms with E-state index < -0.39 is 0 Å². The van der Waals surface area contributed by atoms with Crippen molar-refractivity contribution >= 4 is 6.09 Å². The SMILES string of the molecule is CC1CC2CC2C2CC2N1C(=O)OC(C)(C)C. The first-order chi connectivity index (χ1) is 7.87. The molecular formula is C14H23NO2. The smallest absolute Gasteiger partial charge is 0.410 e. The molecule has 0 aromatic rings. The Labute approximate surface area is 104 Å². The molecule has 3 rings (SSSR count). The van der Waals surface area contributed by atoms with Crippen LogP contribution >= 0.6 is 0 Å². The molecule has 2 aliphatic carbocycles. The summed E-state index contributed by atoms with van der Waals surface area (Å²) in [6, 6.07) is 0.842. The van der Waals surface area contributed by atoms with Crippen molar-refractivity contribution < 1.29 is 9.53 Å². The van der Waals surface area contributed by atoms with Crippen LogP contribution in [0.25, 0.3) is 0 Å². The maximum atomic E-state index is 12.2. The van der Waals surface area contributed by atoms with Crippen LogP contribution in [0, 0.1) is 17.8 Å². The zero-order valence-electron chi connectivity index (χ0n) is 11.3. The number of likely N-dealkylation sites (tertiary alicyclic amines) is 1. The molecule has 1 amide bonds. The third kappa shape index (κ3) is 2.04. The van der Waals surface area contributed by atoms with Gasteiger partial charge in [-0.15, -0.1) is 0 Å². The molecule has 3 nitrogen and oxygen atoms in total. The van der Waals surface area contributed by atoms with Crippen LogP contribution < -0.4 is 0 Å². The number of carbonyl (C=O) groups is 1. The summed E-state index contributed by atoms with van der Waals surface area (Å²) in [5.41, 5.74) is -0.379. The fraction of sp³-hybridized carbons (Fsp3) is 0.929. The summed E-state index contributed by atoms with van der Waals surface area (Å²) >= 11 is 0. The van der Waals surface area contributed by atoms with Gasteiger partial charge in [0.2, 0.25) is 0 Å². The molecule has 0 bridgehead atoms. The van der Waals surface area contributed by atoms with Crippen LogP contribution in [0.4, 0.5) is 4.79 Å². The number of nitrogens with zero attached hydrogens (tertiary/aromatic N) is 1. The average Bonchev–Trinajstić information content (AvgIpc) is 2.92. The van der Waals surface area contributed by atoms with Gasteiger partial charge in [-0.2, -0.15) is 0 Å². The van der Waals surface area contributed by atoms with Crippen LogP contribution in [0.15, 0.2) is 0 Å². The molecule has 1 heterocycles. The standard InChI is InChI=1S/C14H23NO2/c1-8-5-9-6-10(9)11-7-12(11)15(8)13(16)17-14(2,3)4/h8-12H,5-7H2,1-4H3. The Morgan fingerprint density at radius 2 is 1.88 bits per heavy atom. The van der Waals surface area contributed by atoms with E-state index >= 15 is 0 Å². The van der Waals surface area contributed by atoms with Gasteiger partial charge in [0.25, 0.3) is 0 Å². The van der Waals surface area contributed by atoms with Crippen molar-refractivity contribution in [1.82, 2.24) is 4.90 Å². The van der Waals surface area contributed by atoms with E-state index in [1.54, 1.807) is 0 Å². The van der Waals surface area contributed by atoms with Crippen LogP contribution in [-0.4, -0.2) is 28.7 Å². The molecule has 1 saturated heterocycles. The quantitative estimate of drug-likeness (QED) is 0.648. The number of hydrogen-bond acceptors (Lipinski definition) is 2. The topological polar surface area (TPSA) is 29.5 Å². The Bertz CT molecular complexity index is 345. The van der Waals surface area contributed by atoms with Gasteiger partial charge in [-0.05, 0) is 64.7 Å². The van der Waals surface area contributed by atoms with Crippen LogP contribution in [0.3, 0.4) is 0 Å². The van der Waals surface area contributed by atoms with Crippen molar-refractivity contribution in [3.8, 4) is 0 Å². The Hall–Kier alpha value is -0.730. The monoisotopic (exact) mass is 237 g/mol. The molecule has 1 aliphatic heterocycles. The summed E-state index contributed by atoms with van der Waals surface area (Å²) in [6.45, 7) is 8.00. The molecule has 0 radical (unpaired) electrons. The third-order valence-corrected chi connectivity index (χ3v) is 4.41. The van der Waals surface area contributed by atoms with E-state index in [0.717, 1.165) is 17.8 Å². The Balaban J connectivity index is 1.71. The third-order valence-electron chi connectivity index (χ3n) is 4.41. The molecule has 0 aromatic carbocycles. The van der Waals surface area contributed by atoms with E-state index in [4.69, 9.17) is 4.74 Å². The first-order valence-corrected chi connectivity index (χ1v) is 6.88. The summed E-state index contributed by atoms with van der Waals surface area (Å²) < 4.78 is 5.54. The van der Waals surface area contributed by atoms with Crippen molar-refractivity contribution in [2.24, 2.45) is 17.8 Å². The van der Waals surface area contributed by atoms with Crippen molar-refractivity contribution in [3.05, 3.63) is 0 Å². The van der Waals surface area contributed by atoms with E-state index in [1.165, 1.54) is 19.3 Å². The van der Waals surface area contributed by atoms with E-state index in [1.807, 2.05) is 25.7 Å². The molecular weight excluding hydrogens is 214 g/mol. The number of hydrogen-bond donors (Lipinski definition) is 0. The maximum Gasteiger partial charge on any atom is 0.410 e.